The zero-order valence-corrected chi connectivity index (χ0v) is 20.2. The number of nitrogens with zero attached hydrogens (tertiary/aromatic N) is 1. The molecule has 1 fully saturated rings. The van der Waals surface area contributed by atoms with Crippen LogP contribution >= 0.6 is 0 Å². The lowest BCUT2D eigenvalue weighted by molar-refractivity contribution is 0.0549. The molecule has 7 nitrogen and oxygen atoms in total. The second-order valence-electron chi connectivity index (χ2n) is 9.80. The number of nitrogens with one attached hydrogen (secondary N) is 2. The smallest absolute Gasteiger partial charge is 0.261 e. The van der Waals surface area contributed by atoms with Crippen LogP contribution in [0.4, 0.5) is 11.4 Å². The first kappa shape index (κ1) is 23.3. The number of carbonyl (C=O) groups is 2. The van der Waals surface area contributed by atoms with Gasteiger partial charge in [0.05, 0.1) is 15.9 Å². The summed E-state index contributed by atoms with van der Waals surface area (Å²) >= 11 is 0. The molecule has 0 unspecified atom stereocenters. The quantitative estimate of drug-likeness (QED) is 0.594. The van der Waals surface area contributed by atoms with E-state index in [1.165, 1.54) is 4.90 Å². The third-order valence-electron chi connectivity index (χ3n) is 6.37. The van der Waals surface area contributed by atoms with Gasteiger partial charge in [-0.25, -0.2) is 8.42 Å². The zero-order chi connectivity index (χ0) is 23.8. The number of carbonyl (C=O) groups excluding carboxylic acids is 2. The van der Waals surface area contributed by atoms with Gasteiger partial charge in [0.2, 0.25) is 10.0 Å². The summed E-state index contributed by atoms with van der Waals surface area (Å²) in [4.78, 5) is 27.3. The van der Waals surface area contributed by atoms with Crippen LogP contribution in [0.1, 0.15) is 79.2 Å². The van der Waals surface area contributed by atoms with Crippen LogP contribution in [-0.4, -0.2) is 35.9 Å². The predicted molar refractivity (Wildman–Crippen MR) is 130 cm³/mol. The Balaban J connectivity index is 1.41. The molecule has 0 saturated heterocycles. The van der Waals surface area contributed by atoms with E-state index in [0.717, 1.165) is 43.4 Å². The fourth-order valence-corrected chi connectivity index (χ4v) is 5.00. The van der Waals surface area contributed by atoms with Crippen LogP contribution in [0, 0.1) is 0 Å². The highest BCUT2D eigenvalue weighted by molar-refractivity contribution is 7.94. The lowest BCUT2D eigenvalue weighted by Gasteiger charge is -2.29. The van der Waals surface area contributed by atoms with Crippen molar-refractivity contribution in [3.8, 4) is 0 Å². The van der Waals surface area contributed by atoms with Crippen LogP contribution in [-0.2, 0) is 16.6 Å². The summed E-state index contributed by atoms with van der Waals surface area (Å²) in [6, 6.07) is 12.5. The van der Waals surface area contributed by atoms with Gasteiger partial charge < -0.3 is 5.32 Å². The highest BCUT2D eigenvalue weighted by Gasteiger charge is 2.40. The van der Waals surface area contributed by atoms with Gasteiger partial charge in [-0.2, -0.15) is 0 Å². The Morgan fingerprint density at radius 3 is 2.12 bits per heavy atom. The summed E-state index contributed by atoms with van der Waals surface area (Å²) in [5.41, 5.74) is 3.17. The molecule has 2 amide bonds. The van der Waals surface area contributed by atoms with E-state index in [1.807, 2.05) is 18.2 Å². The number of hydrogen-bond acceptors (Lipinski definition) is 5. The van der Waals surface area contributed by atoms with Crippen molar-refractivity contribution < 1.29 is 18.0 Å². The van der Waals surface area contributed by atoms with Gasteiger partial charge in [0.15, 0.2) is 0 Å². The van der Waals surface area contributed by atoms with Gasteiger partial charge in [0.1, 0.15) is 0 Å². The Kier molecular flexibility index (Phi) is 6.22. The van der Waals surface area contributed by atoms with Gasteiger partial charge in [-0.3, -0.25) is 19.2 Å². The van der Waals surface area contributed by atoms with Gasteiger partial charge >= 0.3 is 0 Å². The van der Waals surface area contributed by atoms with Gasteiger partial charge in [0.25, 0.3) is 11.8 Å². The van der Waals surface area contributed by atoms with Gasteiger partial charge in [-0.15, -0.1) is 0 Å². The Morgan fingerprint density at radius 1 is 0.879 bits per heavy atom. The largest absolute Gasteiger partial charge is 0.381 e. The number of imide groups is 1. The first-order chi connectivity index (χ1) is 15.6. The number of hydrogen-bond donors (Lipinski definition) is 2. The fourth-order valence-electron chi connectivity index (χ4n) is 4.24. The third-order valence-corrected chi connectivity index (χ3v) is 8.48. The lowest BCUT2D eigenvalue weighted by atomic mass is 9.94. The normalized spacial score (nSPS) is 17.2. The number of rotatable bonds is 6. The number of fused-ring (bicyclic) bond motifs is 1. The molecule has 0 radical (unpaired) electrons. The maximum Gasteiger partial charge on any atom is 0.261 e. The second-order valence-corrected chi connectivity index (χ2v) is 12.2. The van der Waals surface area contributed by atoms with E-state index in [9.17, 15) is 18.0 Å². The number of benzene rings is 2. The van der Waals surface area contributed by atoms with Crippen molar-refractivity contribution in [3.05, 3.63) is 59.2 Å². The highest BCUT2D eigenvalue weighted by Crippen LogP contribution is 2.32. The molecule has 176 valence electrons. The Hall–Kier alpha value is -2.87. The van der Waals surface area contributed by atoms with Crippen molar-refractivity contribution in [2.75, 3.05) is 10.0 Å². The SMILES string of the molecule is CC(C)(C)S(=O)(=O)Nc1ccc(CNc2ccc3c(c2)C(=O)N(C2CCCCC2)C3=O)cc1. The van der Waals surface area contributed by atoms with Crippen molar-refractivity contribution in [3.63, 3.8) is 0 Å². The van der Waals surface area contributed by atoms with Gasteiger partial charge in [-0.1, -0.05) is 31.4 Å². The van der Waals surface area contributed by atoms with Crippen molar-refractivity contribution in [1.29, 1.82) is 0 Å². The predicted octanol–water partition coefficient (Wildman–Crippen LogP) is 4.77. The van der Waals surface area contributed by atoms with E-state index in [0.29, 0.717) is 23.4 Å². The molecular weight excluding hydrogens is 438 g/mol. The monoisotopic (exact) mass is 469 g/mol. The first-order valence-corrected chi connectivity index (χ1v) is 12.9. The Labute approximate surface area is 195 Å². The summed E-state index contributed by atoms with van der Waals surface area (Å²) < 4.78 is 26.3. The standard InChI is InChI=1S/C25H31N3O4S/c1-25(2,3)33(31,32)27-18-11-9-17(10-12-18)16-26-19-13-14-21-22(15-19)24(30)28(23(21)29)20-7-5-4-6-8-20/h9-15,20,26-27H,4-8,16H2,1-3H3. The van der Waals surface area contributed by atoms with Crippen LogP contribution in [0.25, 0.3) is 0 Å². The van der Waals surface area contributed by atoms with Gasteiger partial charge in [0, 0.05) is 24.0 Å². The molecule has 2 aromatic carbocycles. The Morgan fingerprint density at radius 2 is 1.48 bits per heavy atom. The summed E-state index contributed by atoms with van der Waals surface area (Å²) in [5.74, 6) is -0.372. The van der Waals surface area contributed by atoms with E-state index in [1.54, 1.807) is 45.0 Å². The van der Waals surface area contributed by atoms with Crippen LogP contribution in [0.15, 0.2) is 42.5 Å². The molecule has 1 heterocycles. The summed E-state index contributed by atoms with van der Waals surface area (Å²) in [5, 5.41) is 3.29. The van der Waals surface area contributed by atoms with Crippen LogP contribution in [0.2, 0.25) is 0 Å². The molecule has 0 bridgehead atoms. The van der Waals surface area contributed by atoms with E-state index in [-0.39, 0.29) is 17.9 Å². The molecule has 33 heavy (non-hydrogen) atoms. The molecule has 0 aromatic heterocycles. The number of sulfonamides is 1. The van der Waals surface area contributed by atoms with Crippen molar-refractivity contribution >= 4 is 33.2 Å². The second kappa shape index (κ2) is 8.82. The maximum absolute atomic E-state index is 13.0. The summed E-state index contributed by atoms with van der Waals surface area (Å²) in [6.07, 6.45) is 5.05. The van der Waals surface area contributed by atoms with Crippen molar-refractivity contribution in [1.82, 2.24) is 4.90 Å². The summed E-state index contributed by atoms with van der Waals surface area (Å²) in [7, 11) is -3.48. The van der Waals surface area contributed by atoms with Crippen LogP contribution in [0.3, 0.4) is 0 Å². The minimum Gasteiger partial charge on any atom is -0.381 e. The van der Waals surface area contributed by atoms with Crippen molar-refractivity contribution in [2.24, 2.45) is 0 Å². The van der Waals surface area contributed by atoms with E-state index >= 15 is 0 Å². The van der Waals surface area contributed by atoms with Crippen LogP contribution < -0.4 is 10.0 Å². The molecule has 2 N–H and O–H groups in total. The molecule has 2 aliphatic rings. The molecule has 1 aliphatic heterocycles. The molecule has 4 rings (SSSR count). The topological polar surface area (TPSA) is 95.6 Å². The number of amides is 2. The average Bonchev–Trinajstić information content (AvgIpc) is 3.02. The first-order valence-electron chi connectivity index (χ1n) is 11.4. The molecular formula is C25H31N3O4S. The lowest BCUT2D eigenvalue weighted by Crippen LogP contribution is -2.40. The zero-order valence-electron chi connectivity index (χ0n) is 19.3. The Bertz CT molecular complexity index is 1160. The number of anilines is 2. The van der Waals surface area contributed by atoms with Gasteiger partial charge in [-0.05, 0) is 69.5 Å². The van der Waals surface area contributed by atoms with E-state index in [4.69, 9.17) is 0 Å². The van der Waals surface area contributed by atoms with E-state index in [2.05, 4.69) is 10.0 Å². The molecule has 1 aliphatic carbocycles. The summed E-state index contributed by atoms with van der Waals surface area (Å²) in [6.45, 7) is 5.45. The molecule has 2 aromatic rings. The average molecular weight is 470 g/mol. The minimum atomic E-state index is -3.48. The van der Waals surface area contributed by atoms with E-state index < -0.39 is 14.8 Å². The third kappa shape index (κ3) is 4.76. The fraction of sp³-hybridized carbons (Fsp3) is 0.440. The molecule has 0 atom stereocenters. The maximum atomic E-state index is 13.0. The van der Waals surface area contributed by atoms with Crippen LogP contribution in [0.5, 0.6) is 0 Å². The minimum absolute atomic E-state index is 0.0109. The molecule has 1 saturated carbocycles. The highest BCUT2D eigenvalue weighted by atomic mass is 32.2. The van der Waals surface area contributed by atoms with Crippen molar-refractivity contribution in [2.45, 2.75) is 70.2 Å². The molecule has 0 spiro atoms. The molecule has 8 heteroatoms.